The molecule has 0 saturated carbocycles. The van der Waals surface area contributed by atoms with Gasteiger partial charge in [0.1, 0.15) is 5.69 Å². The van der Waals surface area contributed by atoms with Crippen molar-refractivity contribution in [3.63, 3.8) is 0 Å². The molecule has 0 saturated heterocycles. The molecule has 0 aliphatic carbocycles. The predicted octanol–water partition coefficient (Wildman–Crippen LogP) is 4.51. The molecule has 0 fully saturated rings. The number of thioether (sulfide) groups is 1. The normalized spacial score (nSPS) is 11.0. The second kappa shape index (κ2) is 7.23. The van der Waals surface area contributed by atoms with Crippen LogP contribution in [-0.2, 0) is 5.75 Å². The fourth-order valence-electron chi connectivity index (χ4n) is 2.62. The lowest BCUT2D eigenvalue weighted by molar-refractivity contribution is 0.0952. The van der Waals surface area contributed by atoms with E-state index in [1.807, 2.05) is 17.8 Å². The van der Waals surface area contributed by atoms with Gasteiger partial charge in [0.25, 0.3) is 5.91 Å². The topological polar surface area (TPSA) is 44.9 Å². The van der Waals surface area contributed by atoms with Crippen LogP contribution in [0.2, 0.25) is 0 Å². The Kier molecular flexibility index (Phi) is 5.08. The molecule has 3 aromatic rings. The van der Waals surface area contributed by atoms with Crippen LogP contribution in [0, 0.1) is 13.8 Å². The van der Waals surface area contributed by atoms with Crippen LogP contribution in [0.1, 0.15) is 26.5 Å². The first-order valence-electron chi connectivity index (χ1n) is 7.62. The van der Waals surface area contributed by atoms with E-state index < -0.39 is 0 Å². The minimum atomic E-state index is -0.0324. The Hall–Kier alpha value is -1.72. The fraction of sp³-hybridized carbons (Fsp3) is 0.278. The van der Waals surface area contributed by atoms with Crippen molar-refractivity contribution < 1.29 is 4.79 Å². The van der Waals surface area contributed by atoms with Crippen LogP contribution in [0.4, 0.5) is 0 Å². The molecule has 0 spiro atoms. The Labute approximate surface area is 144 Å². The molecule has 0 aliphatic rings. The Morgan fingerprint density at radius 2 is 2.17 bits per heavy atom. The van der Waals surface area contributed by atoms with Gasteiger partial charge in [-0.2, -0.15) is 11.8 Å². The molecule has 1 aromatic carbocycles. The number of thiophene rings is 1. The van der Waals surface area contributed by atoms with E-state index in [0.717, 1.165) is 22.4 Å². The largest absolute Gasteiger partial charge is 0.351 e. The minimum absolute atomic E-state index is 0.0324. The Balaban J connectivity index is 1.53. The van der Waals surface area contributed by atoms with Crippen molar-refractivity contribution in [1.82, 2.24) is 10.3 Å². The van der Waals surface area contributed by atoms with Crippen molar-refractivity contribution in [2.75, 3.05) is 12.3 Å². The molecule has 0 unspecified atom stereocenters. The van der Waals surface area contributed by atoms with E-state index in [1.165, 1.54) is 16.0 Å². The lowest BCUT2D eigenvalue weighted by atomic mass is 10.1. The summed E-state index contributed by atoms with van der Waals surface area (Å²) in [6.45, 7) is 4.83. The molecule has 0 aliphatic heterocycles. The van der Waals surface area contributed by atoms with E-state index in [4.69, 9.17) is 0 Å². The first kappa shape index (κ1) is 16.1. The fourth-order valence-corrected chi connectivity index (χ4v) is 4.32. The number of benzene rings is 1. The van der Waals surface area contributed by atoms with Crippen molar-refractivity contribution in [2.45, 2.75) is 19.6 Å². The molecule has 2 aromatic heterocycles. The SMILES string of the molecule is Cc1cc(C)c2cc(C(=O)NCCSCc3cccs3)[nH]c2c1. The van der Waals surface area contributed by atoms with E-state index in [1.54, 1.807) is 11.3 Å². The Morgan fingerprint density at radius 1 is 1.30 bits per heavy atom. The number of H-pyrrole nitrogens is 1. The predicted molar refractivity (Wildman–Crippen MR) is 101 cm³/mol. The van der Waals surface area contributed by atoms with Gasteiger partial charge in [0, 0.05) is 33.8 Å². The number of hydrogen-bond acceptors (Lipinski definition) is 3. The highest BCUT2D eigenvalue weighted by Crippen LogP contribution is 2.21. The number of fused-ring (bicyclic) bond motifs is 1. The average molecular weight is 345 g/mol. The van der Waals surface area contributed by atoms with Gasteiger partial charge in [-0.3, -0.25) is 4.79 Å². The monoisotopic (exact) mass is 344 g/mol. The van der Waals surface area contributed by atoms with E-state index in [2.05, 4.69) is 53.8 Å². The number of hydrogen-bond donors (Lipinski definition) is 2. The average Bonchev–Trinajstić information content (AvgIpc) is 3.15. The zero-order valence-electron chi connectivity index (χ0n) is 13.3. The van der Waals surface area contributed by atoms with Crippen LogP contribution in [0.5, 0.6) is 0 Å². The van der Waals surface area contributed by atoms with Gasteiger partial charge in [0.15, 0.2) is 0 Å². The second-order valence-electron chi connectivity index (χ2n) is 5.61. The quantitative estimate of drug-likeness (QED) is 0.646. The third-order valence-electron chi connectivity index (χ3n) is 3.69. The summed E-state index contributed by atoms with van der Waals surface area (Å²) in [5.74, 6) is 1.90. The van der Waals surface area contributed by atoms with Gasteiger partial charge in [-0.25, -0.2) is 0 Å². The second-order valence-corrected chi connectivity index (χ2v) is 7.75. The summed E-state index contributed by atoms with van der Waals surface area (Å²) in [6.07, 6.45) is 0. The van der Waals surface area contributed by atoms with E-state index in [0.29, 0.717) is 12.2 Å². The first-order chi connectivity index (χ1) is 11.1. The molecule has 0 bridgehead atoms. The van der Waals surface area contributed by atoms with Crippen LogP contribution in [-0.4, -0.2) is 23.2 Å². The Bertz CT molecular complexity index is 806. The molecular weight excluding hydrogens is 324 g/mol. The first-order valence-corrected chi connectivity index (χ1v) is 9.65. The molecule has 0 atom stereocenters. The summed E-state index contributed by atoms with van der Waals surface area (Å²) in [5.41, 5.74) is 4.06. The zero-order valence-corrected chi connectivity index (χ0v) is 14.9. The van der Waals surface area contributed by atoms with Gasteiger partial charge in [0.2, 0.25) is 0 Å². The summed E-state index contributed by atoms with van der Waals surface area (Å²) in [5, 5.41) is 6.20. The van der Waals surface area contributed by atoms with Gasteiger partial charge >= 0.3 is 0 Å². The molecule has 2 heterocycles. The highest BCUT2D eigenvalue weighted by atomic mass is 32.2. The van der Waals surface area contributed by atoms with Crippen LogP contribution in [0.3, 0.4) is 0 Å². The van der Waals surface area contributed by atoms with E-state index in [-0.39, 0.29) is 5.91 Å². The standard InChI is InChI=1S/C18H20N2OS2/c1-12-8-13(2)15-10-17(20-16(15)9-12)18(21)19-5-7-22-11-14-4-3-6-23-14/h3-4,6,8-10,20H,5,7,11H2,1-2H3,(H,19,21). The van der Waals surface area contributed by atoms with E-state index >= 15 is 0 Å². The molecular formula is C18H20N2OS2. The number of carbonyl (C=O) groups excluding carboxylic acids is 1. The van der Waals surface area contributed by atoms with E-state index in [9.17, 15) is 4.79 Å². The number of aromatic amines is 1. The molecule has 0 radical (unpaired) electrons. The molecule has 3 rings (SSSR count). The third kappa shape index (κ3) is 3.98. The Morgan fingerprint density at radius 3 is 2.96 bits per heavy atom. The summed E-state index contributed by atoms with van der Waals surface area (Å²) in [4.78, 5) is 16.9. The number of aryl methyl sites for hydroxylation is 2. The number of amides is 1. The molecule has 2 N–H and O–H groups in total. The third-order valence-corrected chi connectivity index (χ3v) is 5.76. The van der Waals surface area contributed by atoms with Crippen molar-refractivity contribution in [3.05, 3.63) is 57.4 Å². The number of carbonyl (C=O) groups is 1. The number of nitrogens with one attached hydrogen (secondary N) is 2. The molecule has 3 nitrogen and oxygen atoms in total. The molecule has 5 heteroatoms. The lowest BCUT2D eigenvalue weighted by Gasteiger charge is -2.03. The van der Waals surface area contributed by atoms with Crippen molar-refractivity contribution in [2.24, 2.45) is 0 Å². The van der Waals surface area contributed by atoms with Gasteiger partial charge in [-0.15, -0.1) is 11.3 Å². The van der Waals surface area contributed by atoms with Gasteiger partial charge in [-0.1, -0.05) is 12.1 Å². The highest BCUT2D eigenvalue weighted by Gasteiger charge is 2.10. The lowest BCUT2D eigenvalue weighted by Crippen LogP contribution is -2.25. The van der Waals surface area contributed by atoms with Gasteiger partial charge in [0.05, 0.1) is 0 Å². The maximum absolute atomic E-state index is 12.3. The summed E-state index contributed by atoms with van der Waals surface area (Å²) in [6, 6.07) is 10.4. The maximum Gasteiger partial charge on any atom is 0.267 e. The summed E-state index contributed by atoms with van der Waals surface area (Å²) in [7, 11) is 0. The van der Waals surface area contributed by atoms with Crippen molar-refractivity contribution in [3.8, 4) is 0 Å². The zero-order chi connectivity index (χ0) is 16.2. The smallest absolute Gasteiger partial charge is 0.267 e. The summed E-state index contributed by atoms with van der Waals surface area (Å²) < 4.78 is 0. The van der Waals surface area contributed by atoms with Gasteiger partial charge in [-0.05, 0) is 48.6 Å². The molecule has 120 valence electrons. The minimum Gasteiger partial charge on any atom is -0.351 e. The number of rotatable bonds is 6. The van der Waals surface area contributed by atoms with Crippen molar-refractivity contribution in [1.29, 1.82) is 0 Å². The number of aromatic nitrogens is 1. The van der Waals surface area contributed by atoms with Crippen LogP contribution in [0.15, 0.2) is 35.7 Å². The molecule has 23 heavy (non-hydrogen) atoms. The van der Waals surface area contributed by atoms with Crippen LogP contribution < -0.4 is 5.32 Å². The summed E-state index contributed by atoms with van der Waals surface area (Å²) >= 11 is 3.62. The van der Waals surface area contributed by atoms with Crippen molar-refractivity contribution >= 4 is 39.9 Å². The van der Waals surface area contributed by atoms with Gasteiger partial charge < -0.3 is 10.3 Å². The van der Waals surface area contributed by atoms with Crippen LogP contribution >= 0.6 is 23.1 Å². The highest BCUT2D eigenvalue weighted by molar-refractivity contribution is 7.98. The molecule has 1 amide bonds. The van der Waals surface area contributed by atoms with Crippen LogP contribution in [0.25, 0.3) is 10.9 Å². The maximum atomic E-state index is 12.3.